The Morgan fingerprint density at radius 3 is 2.15 bits per heavy atom. The van der Waals surface area contributed by atoms with Gasteiger partial charge in [-0.15, -0.1) is 0 Å². The van der Waals surface area contributed by atoms with Crippen molar-refractivity contribution in [2.45, 2.75) is 51.9 Å². The van der Waals surface area contributed by atoms with E-state index in [9.17, 15) is 0 Å². The highest BCUT2D eigenvalue weighted by Gasteiger charge is 2.30. The minimum absolute atomic E-state index is 0.414. The van der Waals surface area contributed by atoms with Gasteiger partial charge in [0.05, 0.1) is 0 Å². The molecule has 0 bridgehead atoms. The molecular weight excluding hydrogens is 262 g/mol. The molecule has 1 aromatic carbocycles. The van der Waals surface area contributed by atoms with Crippen LogP contribution in [0.15, 0.2) is 24.3 Å². The van der Waals surface area contributed by atoms with Gasteiger partial charge in [-0.3, -0.25) is 0 Å². The summed E-state index contributed by atoms with van der Waals surface area (Å²) in [7, 11) is 2.23. The third kappa shape index (κ3) is 3.94. The average Bonchev–Trinajstić information content (AvgIpc) is 2.73. The molecule has 1 saturated carbocycles. The maximum atomic E-state index is 4.69. The van der Waals surface area contributed by atoms with Crippen molar-refractivity contribution in [3.05, 3.63) is 29.8 Å². The maximum absolute atomic E-state index is 4.69. The predicted molar refractivity (Wildman–Crippen MR) is 93.1 cm³/mol. The van der Waals surface area contributed by atoms with Crippen molar-refractivity contribution in [2.24, 2.45) is 5.41 Å². The minimum Gasteiger partial charge on any atom is -0.374 e. The number of benzene rings is 1. The molecule has 2 heteroatoms. The van der Waals surface area contributed by atoms with Crippen LogP contribution < -0.4 is 4.90 Å². The van der Waals surface area contributed by atoms with Gasteiger partial charge in [-0.2, -0.15) is 12.6 Å². The lowest BCUT2D eigenvalue weighted by Crippen LogP contribution is -2.37. The average molecular weight is 292 g/mol. The first-order chi connectivity index (χ1) is 9.69. The molecule has 0 amide bonds. The van der Waals surface area contributed by atoms with Crippen molar-refractivity contribution in [1.82, 2.24) is 0 Å². The van der Waals surface area contributed by atoms with Crippen molar-refractivity contribution in [1.29, 1.82) is 0 Å². The fourth-order valence-electron chi connectivity index (χ4n) is 3.43. The van der Waals surface area contributed by atoms with E-state index in [1.54, 1.807) is 0 Å². The topological polar surface area (TPSA) is 3.24 Å². The Bertz CT molecular complexity index is 390. The van der Waals surface area contributed by atoms with Crippen molar-refractivity contribution in [3.63, 3.8) is 0 Å². The molecule has 1 aliphatic rings. The molecule has 0 aromatic heterocycles. The quantitative estimate of drug-likeness (QED) is 0.593. The number of hydrogen-bond donors (Lipinski definition) is 1. The van der Waals surface area contributed by atoms with Gasteiger partial charge in [0.1, 0.15) is 0 Å². The van der Waals surface area contributed by atoms with Crippen molar-refractivity contribution in [3.8, 4) is 0 Å². The summed E-state index contributed by atoms with van der Waals surface area (Å²) in [6, 6.07) is 9.04. The third-order valence-electron chi connectivity index (χ3n) is 4.86. The zero-order chi connectivity index (χ0) is 14.4. The highest BCUT2D eigenvalue weighted by atomic mass is 32.1. The van der Waals surface area contributed by atoms with Crippen LogP contribution in [0.1, 0.15) is 51.0 Å². The van der Waals surface area contributed by atoms with Gasteiger partial charge in [0.15, 0.2) is 0 Å². The number of hydrogen-bond acceptors (Lipinski definition) is 2. The Hall–Kier alpha value is -0.630. The minimum atomic E-state index is 0.414. The van der Waals surface area contributed by atoms with Crippen molar-refractivity contribution < 1.29 is 0 Å². The van der Waals surface area contributed by atoms with Crippen molar-refractivity contribution in [2.75, 3.05) is 24.2 Å². The van der Waals surface area contributed by atoms with Crippen LogP contribution >= 0.6 is 12.6 Å². The van der Waals surface area contributed by atoms with Gasteiger partial charge in [-0.25, -0.2) is 0 Å². The third-order valence-corrected chi connectivity index (χ3v) is 5.53. The zero-order valence-corrected chi connectivity index (χ0v) is 14.0. The molecule has 0 radical (unpaired) electrons. The molecular formula is C18H29NS. The summed E-state index contributed by atoms with van der Waals surface area (Å²) in [6.07, 6.45) is 9.37. The lowest BCUT2D eigenvalue weighted by Gasteiger charge is -2.36. The number of thiol groups is 1. The predicted octanol–water partition coefficient (Wildman–Crippen LogP) is 4.96. The van der Waals surface area contributed by atoms with Gasteiger partial charge >= 0.3 is 0 Å². The largest absolute Gasteiger partial charge is 0.374 e. The monoisotopic (exact) mass is 291 g/mol. The van der Waals surface area contributed by atoms with Gasteiger partial charge < -0.3 is 4.90 Å². The van der Waals surface area contributed by atoms with Crippen LogP contribution in [0.25, 0.3) is 0 Å². The van der Waals surface area contributed by atoms with Crippen LogP contribution in [0.4, 0.5) is 5.69 Å². The molecule has 0 atom stereocenters. The van der Waals surface area contributed by atoms with Gasteiger partial charge in [0.25, 0.3) is 0 Å². The van der Waals surface area contributed by atoms with E-state index in [-0.39, 0.29) is 0 Å². The van der Waals surface area contributed by atoms with Crippen LogP contribution in [0.5, 0.6) is 0 Å². The molecule has 0 heterocycles. The first-order valence-electron chi connectivity index (χ1n) is 8.10. The second-order valence-corrected chi connectivity index (χ2v) is 6.76. The molecule has 0 unspecified atom stereocenters. The first-order valence-corrected chi connectivity index (χ1v) is 8.73. The molecule has 0 saturated heterocycles. The van der Waals surface area contributed by atoms with E-state index in [1.807, 2.05) is 0 Å². The number of nitrogens with zero attached hydrogens (tertiary/aromatic N) is 1. The smallest absolute Gasteiger partial charge is 0.0363 e. The Labute approximate surface area is 130 Å². The van der Waals surface area contributed by atoms with E-state index < -0.39 is 0 Å². The van der Waals surface area contributed by atoms with E-state index in [0.717, 1.165) is 18.7 Å². The lowest BCUT2D eigenvalue weighted by atomic mass is 9.81. The van der Waals surface area contributed by atoms with E-state index in [0.29, 0.717) is 5.41 Å². The maximum Gasteiger partial charge on any atom is 0.0363 e. The van der Waals surface area contributed by atoms with Crippen LogP contribution in [-0.2, 0) is 6.42 Å². The Kier molecular flexibility index (Phi) is 5.83. The molecule has 1 nitrogen and oxygen atoms in total. The standard InChI is InChI=1S/C18H29NS/c1-3-16-8-10-17(11-9-16)19(2)14-18(15-20)12-6-4-5-7-13-18/h8-11,20H,3-7,12-15H2,1-2H3. The lowest BCUT2D eigenvalue weighted by molar-refractivity contribution is 0.293. The normalized spacial score (nSPS) is 18.6. The number of rotatable bonds is 5. The summed E-state index contributed by atoms with van der Waals surface area (Å²) in [6.45, 7) is 3.35. The van der Waals surface area contributed by atoms with Gasteiger partial charge in [0.2, 0.25) is 0 Å². The summed E-state index contributed by atoms with van der Waals surface area (Å²) in [5.74, 6) is 1.02. The molecule has 0 spiro atoms. The molecule has 20 heavy (non-hydrogen) atoms. The second kappa shape index (κ2) is 7.40. The summed E-state index contributed by atoms with van der Waals surface area (Å²) in [5.41, 5.74) is 3.17. The molecule has 2 rings (SSSR count). The Balaban J connectivity index is 2.05. The fraction of sp³-hybridized carbons (Fsp3) is 0.667. The van der Waals surface area contributed by atoms with Crippen molar-refractivity contribution >= 4 is 18.3 Å². The van der Waals surface area contributed by atoms with Crippen LogP contribution in [-0.4, -0.2) is 19.3 Å². The molecule has 0 N–H and O–H groups in total. The SMILES string of the molecule is CCc1ccc(N(C)CC2(CS)CCCCCC2)cc1. The summed E-state index contributed by atoms with van der Waals surface area (Å²) < 4.78 is 0. The summed E-state index contributed by atoms with van der Waals surface area (Å²) >= 11 is 4.69. The van der Waals surface area contributed by atoms with Gasteiger partial charge in [-0.05, 0) is 48.1 Å². The highest BCUT2D eigenvalue weighted by Crippen LogP contribution is 2.37. The number of anilines is 1. The van der Waals surface area contributed by atoms with E-state index in [2.05, 4.69) is 55.8 Å². The molecule has 0 aliphatic heterocycles. The second-order valence-electron chi connectivity index (χ2n) is 6.45. The van der Waals surface area contributed by atoms with Gasteiger partial charge in [-0.1, -0.05) is 44.7 Å². The summed E-state index contributed by atoms with van der Waals surface area (Å²) in [4.78, 5) is 2.43. The van der Waals surface area contributed by atoms with E-state index in [1.165, 1.54) is 49.8 Å². The molecule has 112 valence electrons. The number of aryl methyl sites for hydroxylation is 1. The Morgan fingerprint density at radius 2 is 1.65 bits per heavy atom. The zero-order valence-electron chi connectivity index (χ0n) is 13.1. The first kappa shape index (κ1) is 15.8. The van der Waals surface area contributed by atoms with Gasteiger partial charge in [0, 0.05) is 19.3 Å². The Morgan fingerprint density at radius 1 is 1.05 bits per heavy atom. The van der Waals surface area contributed by atoms with Crippen LogP contribution in [0.2, 0.25) is 0 Å². The molecule has 1 fully saturated rings. The highest BCUT2D eigenvalue weighted by molar-refractivity contribution is 7.80. The molecule has 1 aromatic rings. The van der Waals surface area contributed by atoms with Crippen LogP contribution in [0.3, 0.4) is 0 Å². The van der Waals surface area contributed by atoms with E-state index >= 15 is 0 Å². The van der Waals surface area contributed by atoms with Crippen LogP contribution in [0, 0.1) is 5.41 Å². The fourth-order valence-corrected chi connectivity index (χ4v) is 3.84. The summed E-state index contributed by atoms with van der Waals surface area (Å²) in [5, 5.41) is 0. The van der Waals surface area contributed by atoms with E-state index in [4.69, 9.17) is 0 Å². The molecule has 1 aliphatic carbocycles.